The molecule has 0 bridgehead atoms. The Balaban J connectivity index is 2.72. The normalized spacial score (nSPS) is 11.4. The summed E-state index contributed by atoms with van der Waals surface area (Å²) >= 11 is 6.93. The molecule has 1 aromatic heterocycles. The molecule has 1 rings (SSSR count). The number of halogens is 1. The third-order valence-electron chi connectivity index (χ3n) is 1.56. The van der Waals surface area contributed by atoms with Gasteiger partial charge in [0.1, 0.15) is 6.10 Å². The lowest BCUT2D eigenvalue weighted by atomic mass is 10.3. The van der Waals surface area contributed by atoms with E-state index in [0.717, 1.165) is 9.75 Å². The molecule has 3 heteroatoms. The zero-order valence-electron chi connectivity index (χ0n) is 8.83. The lowest BCUT2D eigenvalue weighted by Gasteiger charge is -1.91. The lowest BCUT2D eigenvalue weighted by Crippen LogP contribution is -2.03. The molecule has 16 heavy (non-hydrogen) atoms. The van der Waals surface area contributed by atoms with Crippen molar-refractivity contribution in [1.82, 2.24) is 0 Å². The summed E-state index contributed by atoms with van der Waals surface area (Å²) < 4.78 is 0. The molecule has 1 heterocycles. The van der Waals surface area contributed by atoms with Crippen molar-refractivity contribution >= 4 is 22.9 Å². The van der Waals surface area contributed by atoms with Crippen LogP contribution >= 0.6 is 22.9 Å². The Morgan fingerprint density at radius 3 is 2.75 bits per heavy atom. The predicted octanol–water partition coefficient (Wildman–Crippen LogP) is 2.63. The average Bonchev–Trinajstić information content (AvgIpc) is 2.74. The van der Waals surface area contributed by atoms with Crippen molar-refractivity contribution in [2.75, 3.05) is 5.88 Å². The predicted molar refractivity (Wildman–Crippen MR) is 69.6 cm³/mol. The number of aliphatic hydroxyl groups excluding tert-OH is 1. The Morgan fingerprint density at radius 2 is 2.12 bits per heavy atom. The van der Waals surface area contributed by atoms with Gasteiger partial charge < -0.3 is 5.11 Å². The quantitative estimate of drug-likeness (QED) is 0.600. The largest absolute Gasteiger partial charge is 0.379 e. The molecule has 0 radical (unpaired) electrons. The van der Waals surface area contributed by atoms with E-state index in [0.29, 0.717) is 0 Å². The highest BCUT2D eigenvalue weighted by molar-refractivity contribution is 7.13. The van der Waals surface area contributed by atoms with Gasteiger partial charge in [-0.3, -0.25) is 0 Å². The van der Waals surface area contributed by atoms with E-state index in [2.05, 4.69) is 23.7 Å². The second-order valence-corrected chi connectivity index (χ2v) is 4.27. The van der Waals surface area contributed by atoms with Gasteiger partial charge in [-0.25, -0.2) is 0 Å². The van der Waals surface area contributed by atoms with Crippen LogP contribution in [-0.4, -0.2) is 17.1 Å². The molecule has 1 atom stereocenters. The Morgan fingerprint density at radius 1 is 1.44 bits per heavy atom. The summed E-state index contributed by atoms with van der Waals surface area (Å²) in [4.78, 5) is 1.84. The van der Waals surface area contributed by atoms with Crippen LogP contribution in [-0.2, 0) is 0 Å². The molecule has 0 aliphatic heterocycles. The van der Waals surface area contributed by atoms with Gasteiger partial charge in [-0.05, 0) is 25.1 Å². The molecule has 0 aliphatic carbocycles. The summed E-state index contributed by atoms with van der Waals surface area (Å²) in [6, 6.07) is 3.80. The molecule has 0 aliphatic rings. The van der Waals surface area contributed by atoms with Gasteiger partial charge >= 0.3 is 0 Å². The molecule has 0 amide bonds. The summed E-state index contributed by atoms with van der Waals surface area (Å²) in [6.07, 6.45) is 2.92. The molecule has 0 fully saturated rings. The molecule has 82 valence electrons. The number of aliphatic hydroxyl groups is 1. The Labute approximate surface area is 105 Å². The first-order chi connectivity index (χ1) is 7.76. The second kappa shape index (κ2) is 7.14. The fourth-order valence-electron chi connectivity index (χ4n) is 0.861. The van der Waals surface area contributed by atoms with E-state index in [4.69, 9.17) is 16.7 Å². The van der Waals surface area contributed by atoms with E-state index in [1.807, 2.05) is 25.1 Å². The minimum atomic E-state index is -0.763. The number of hydrogen-bond acceptors (Lipinski definition) is 2. The van der Waals surface area contributed by atoms with Crippen molar-refractivity contribution in [3.63, 3.8) is 0 Å². The van der Waals surface area contributed by atoms with Crippen LogP contribution in [0.4, 0.5) is 0 Å². The van der Waals surface area contributed by atoms with Crippen molar-refractivity contribution in [1.29, 1.82) is 0 Å². The van der Waals surface area contributed by atoms with Crippen molar-refractivity contribution < 1.29 is 5.11 Å². The van der Waals surface area contributed by atoms with Gasteiger partial charge in [-0.1, -0.05) is 29.8 Å². The van der Waals surface area contributed by atoms with E-state index < -0.39 is 6.10 Å². The van der Waals surface area contributed by atoms with Crippen LogP contribution in [0.3, 0.4) is 0 Å². The maximum atomic E-state index is 9.16. The SMILES string of the molecule is C/C=C\C#Cc1ccc(C#CC(O)CCl)s1. The number of hydrogen-bond donors (Lipinski definition) is 1. The molecule has 0 aromatic carbocycles. The molecule has 1 aromatic rings. The smallest absolute Gasteiger partial charge is 0.128 e. The number of alkyl halides is 1. The Bertz CT molecular complexity index is 479. The molecular formula is C13H11ClOS. The molecular weight excluding hydrogens is 240 g/mol. The lowest BCUT2D eigenvalue weighted by molar-refractivity contribution is 0.256. The van der Waals surface area contributed by atoms with Gasteiger partial charge in [0.2, 0.25) is 0 Å². The first kappa shape index (κ1) is 12.9. The summed E-state index contributed by atoms with van der Waals surface area (Å²) in [5.74, 6) is 11.5. The fraction of sp³-hybridized carbons (Fsp3) is 0.231. The van der Waals surface area contributed by atoms with Crippen molar-refractivity contribution in [3.8, 4) is 23.7 Å². The van der Waals surface area contributed by atoms with E-state index in [1.54, 1.807) is 6.08 Å². The molecule has 1 unspecified atom stereocenters. The number of thiophene rings is 1. The standard InChI is InChI=1S/C13H11ClOS/c1-2-3-4-5-12-8-9-13(16-12)7-6-11(15)10-14/h2-3,8-9,11,15H,10H2,1H3/b3-2-. The van der Waals surface area contributed by atoms with Gasteiger partial charge in [0.15, 0.2) is 0 Å². The highest BCUT2D eigenvalue weighted by Gasteiger charge is 1.96. The zero-order chi connectivity index (χ0) is 11.8. The van der Waals surface area contributed by atoms with Crippen LogP contribution in [0.1, 0.15) is 16.7 Å². The monoisotopic (exact) mass is 250 g/mol. The van der Waals surface area contributed by atoms with Gasteiger partial charge in [0.05, 0.1) is 15.6 Å². The van der Waals surface area contributed by atoms with Crippen LogP contribution in [0, 0.1) is 23.7 Å². The van der Waals surface area contributed by atoms with Crippen LogP contribution in [0.5, 0.6) is 0 Å². The summed E-state index contributed by atoms with van der Waals surface area (Å²) in [7, 11) is 0. The highest BCUT2D eigenvalue weighted by atomic mass is 35.5. The third kappa shape index (κ3) is 4.55. The Hall–Kier alpha value is -1.19. The maximum absolute atomic E-state index is 9.16. The van der Waals surface area contributed by atoms with Crippen LogP contribution in [0.25, 0.3) is 0 Å². The van der Waals surface area contributed by atoms with Gasteiger partial charge in [-0.2, -0.15) is 0 Å². The van der Waals surface area contributed by atoms with Crippen LogP contribution < -0.4 is 0 Å². The van der Waals surface area contributed by atoms with Crippen molar-refractivity contribution in [2.45, 2.75) is 13.0 Å². The van der Waals surface area contributed by atoms with E-state index in [1.165, 1.54) is 11.3 Å². The third-order valence-corrected chi connectivity index (χ3v) is 2.77. The van der Waals surface area contributed by atoms with Gasteiger partial charge in [0, 0.05) is 0 Å². The van der Waals surface area contributed by atoms with Crippen LogP contribution in [0.2, 0.25) is 0 Å². The molecule has 0 saturated heterocycles. The average molecular weight is 251 g/mol. The number of rotatable bonds is 1. The van der Waals surface area contributed by atoms with E-state index >= 15 is 0 Å². The van der Waals surface area contributed by atoms with E-state index in [9.17, 15) is 0 Å². The van der Waals surface area contributed by atoms with Crippen molar-refractivity contribution in [3.05, 3.63) is 34.0 Å². The molecule has 0 spiro atoms. The summed E-state index contributed by atoms with van der Waals surface area (Å²) in [5, 5.41) is 9.16. The maximum Gasteiger partial charge on any atom is 0.128 e. The molecule has 1 N–H and O–H groups in total. The number of allylic oxidation sites excluding steroid dienone is 2. The topological polar surface area (TPSA) is 20.2 Å². The van der Waals surface area contributed by atoms with Crippen molar-refractivity contribution in [2.24, 2.45) is 0 Å². The first-order valence-electron chi connectivity index (χ1n) is 4.74. The summed E-state index contributed by atoms with van der Waals surface area (Å²) in [6.45, 7) is 1.92. The van der Waals surface area contributed by atoms with Crippen LogP contribution in [0.15, 0.2) is 24.3 Å². The molecule has 1 nitrogen and oxygen atoms in total. The minimum absolute atomic E-state index is 0.131. The highest BCUT2D eigenvalue weighted by Crippen LogP contribution is 2.13. The first-order valence-corrected chi connectivity index (χ1v) is 6.09. The minimum Gasteiger partial charge on any atom is -0.379 e. The Kier molecular flexibility index (Phi) is 5.75. The van der Waals surface area contributed by atoms with Gasteiger partial charge in [0.25, 0.3) is 0 Å². The second-order valence-electron chi connectivity index (χ2n) is 2.87. The van der Waals surface area contributed by atoms with Gasteiger partial charge in [-0.15, -0.1) is 22.9 Å². The summed E-state index contributed by atoms with van der Waals surface area (Å²) in [5.41, 5.74) is 0. The molecule has 0 saturated carbocycles. The zero-order valence-corrected chi connectivity index (χ0v) is 10.4. The fourth-order valence-corrected chi connectivity index (χ4v) is 1.67. The van der Waals surface area contributed by atoms with E-state index in [-0.39, 0.29) is 5.88 Å².